The smallest absolute Gasteiger partial charge is 0.424 e. The Bertz CT molecular complexity index is 3190. The number of benzene rings is 4. The summed E-state index contributed by atoms with van der Waals surface area (Å²) in [5.41, 5.74) is -3.09. The molecule has 0 aliphatic rings. The van der Waals surface area contributed by atoms with Crippen molar-refractivity contribution in [3.63, 3.8) is 0 Å². The van der Waals surface area contributed by atoms with E-state index in [-0.39, 0.29) is 64.1 Å². The number of nitriles is 1. The van der Waals surface area contributed by atoms with E-state index in [0.29, 0.717) is 16.7 Å². The van der Waals surface area contributed by atoms with E-state index in [9.17, 15) is 38.9 Å². The van der Waals surface area contributed by atoms with Gasteiger partial charge in [-0.25, -0.2) is 28.0 Å². The molecule has 4 rings (SSSR count). The summed E-state index contributed by atoms with van der Waals surface area (Å²) in [6.45, 7) is 36.4. The van der Waals surface area contributed by atoms with Gasteiger partial charge in [-0.2, -0.15) is 15.1 Å². The van der Waals surface area contributed by atoms with Gasteiger partial charge in [0.15, 0.2) is 17.3 Å². The third-order valence-corrected chi connectivity index (χ3v) is 11.0. The van der Waals surface area contributed by atoms with Gasteiger partial charge in [-0.05, 0) is 149 Å². The lowest BCUT2D eigenvalue weighted by molar-refractivity contribution is -0.384. The predicted octanol–water partition coefficient (Wildman–Crippen LogP) is 17.5. The van der Waals surface area contributed by atoms with E-state index in [2.05, 4.69) is 38.4 Å². The number of amides is 5. The number of alkyl halides is 1. The van der Waals surface area contributed by atoms with Crippen LogP contribution in [0, 0.1) is 82.4 Å². The van der Waals surface area contributed by atoms with Crippen molar-refractivity contribution in [2.75, 3.05) is 44.3 Å². The summed E-state index contributed by atoms with van der Waals surface area (Å²) in [5.74, 6) is 2.34. The third-order valence-electron chi connectivity index (χ3n) is 10.6. The summed E-state index contributed by atoms with van der Waals surface area (Å²) in [6.07, 6.45) is 6.00. The summed E-state index contributed by atoms with van der Waals surface area (Å²) in [4.78, 5) is 89.2. The Balaban J connectivity index is 0. The van der Waals surface area contributed by atoms with Gasteiger partial charge in [-0.3, -0.25) is 19.7 Å². The van der Waals surface area contributed by atoms with E-state index in [0.717, 1.165) is 35.4 Å². The minimum Gasteiger partial charge on any atom is -0.443 e. The number of carbonyl (C=O) groups excluding carboxylic acids is 6. The summed E-state index contributed by atoms with van der Waals surface area (Å²) in [6, 6.07) is 22.0. The second-order valence-electron chi connectivity index (χ2n) is 26.8. The van der Waals surface area contributed by atoms with Crippen LogP contribution in [0.3, 0.4) is 0 Å². The summed E-state index contributed by atoms with van der Waals surface area (Å²) >= 11 is 8.14. The van der Waals surface area contributed by atoms with Crippen molar-refractivity contribution in [2.24, 2.45) is 10.8 Å². The molecular formula is C69H95BrClF2N7O13. The molecule has 0 bridgehead atoms. The van der Waals surface area contributed by atoms with Gasteiger partial charge in [0.2, 0.25) is 11.1 Å². The largest absolute Gasteiger partial charge is 0.443 e. The summed E-state index contributed by atoms with van der Waals surface area (Å²) in [5, 5.41) is 32.0. The average molecular weight is 1380 g/mol. The Morgan fingerprint density at radius 2 is 0.978 bits per heavy atom. The minimum atomic E-state index is -1.31. The second-order valence-corrected chi connectivity index (χ2v) is 27.7. The molecule has 0 saturated heterocycles. The maximum Gasteiger partial charge on any atom is 0.424 e. The maximum atomic E-state index is 16.8. The number of aliphatic hydroxyl groups is 1. The van der Waals surface area contributed by atoms with Crippen LogP contribution in [-0.2, 0) is 41.6 Å². The van der Waals surface area contributed by atoms with Crippen molar-refractivity contribution in [1.29, 1.82) is 5.26 Å². The first-order valence-corrected chi connectivity index (χ1v) is 30.6. The zero-order valence-corrected chi connectivity index (χ0v) is 60.3. The molecule has 0 radical (unpaired) electrons. The molecule has 0 aromatic heterocycles. The number of nitrogens with one attached hydrogen (secondary N) is 2. The molecule has 93 heavy (non-hydrogen) atoms. The fourth-order valence-corrected chi connectivity index (χ4v) is 7.56. The first-order chi connectivity index (χ1) is 42.5. The number of aliphatic hydroxyl groups excluding tert-OH is 1. The molecule has 4 aromatic carbocycles. The fraction of sp³-hybridized carbons (Fsp3) is 0.493. The van der Waals surface area contributed by atoms with Crippen molar-refractivity contribution in [3.8, 4) is 30.8 Å². The first kappa shape index (κ1) is 86.8. The van der Waals surface area contributed by atoms with Gasteiger partial charge in [0.1, 0.15) is 28.1 Å². The molecule has 3 N–H and O–H groups in total. The van der Waals surface area contributed by atoms with Gasteiger partial charge in [0, 0.05) is 46.0 Å². The van der Waals surface area contributed by atoms with Crippen LogP contribution < -0.4 is 25.3 Å². The highest BCUT2D eigenvalue weighted by molar-refractivity contribution is 9.09. The lowest BCUT2D eigenvalue weighted by Crippen LogP contribution is -2.44. The Morgan fingerprint density at radius 1 is 0.613 bits per heavy atom. The van der Waals surface area contributed by atoms with Crippen molar-refractivity contribution in [3.05, 3.63) is 117 Å². The number of hydrogen-bond donors (Lipinski definition) is 3. The van der Waals surface area contributed by atoms with E-state index in [1.807, 2.05) is 104 Å². The Kier molecular flexibility index (Phi) is 36.7. The normalized spacial score (nSPS) is 10.9. The number of terminal acetylenes is 2. The highest BCUT2D eigenvalue weighted by Gasteiger charge is 2.41. The summed E-state index contributed by atoms with van der Waals surface area (Å²) in [7, 11) is 1.00. The number of nitro benzene ring substituents is 1. The SMILES string of the molecule is C#CCBr.C#CCN(Cc1ccc(C)cc1)c1ccc(NC(=O)CC(C)(C)C)c(N(C(=O)OC(C)(C)C)C(=O)OC(C)(C)C)c1F.CC#N.CC(C)(C)CC(=O)Cl.CO.Cc1ccc(CNc2ccc([N+](=O)[O-])c(N(C(=O)OC(C)(C)C)C(=O)OC(C)(C)C)c2F)cc1. The van der Waals surface area contributed by atoms with Crippen LogP contribution >= 0.6 is 27.5 Å². The fourth-order valence-electron chi connectivity index (χ4n) is 7.16. The standard InChI is InChI=1S/C33H44FN3O5.C24H30FN3O6.C6H11ClO.C3H3Br.C2H3N.CH4O/c1-12-19-36(21-23-15-13-22(2)14-16-23)25-18-17-24(35-26(38)20-31(3,4)5)28(27(25)34)37(29(39)41-32(6,7)8)30(40)42-33(9,10)11;1-15-8-10-16(11-9-15)14-26-17-12-13-18(28(31)32)20(19(17)25)27(21(29)33-23(2,3)4)22(30)34-24(5,6)7;1-6(2,3)4-5(7)8;1-2-3-4;1-2-3;1-2/h1,13-18H,19-21H2,2-11H3,(H,35,38);8-13,26H,14H2,1-7H3;4H2,1-3H3;1H,3H2;1H3;2H,1H3. The first-order valence-electron chi connectivity index (χ1n) is 29.1. The van der Waals surface area contributed by atoms with Crippen LogP contribution in [-0.4, -0.2) is 86.9 Å². The second kappa shape index (κ2) is 39.3. The topological polar surface area (TPSA) is 260 Å². The van der Waals surface area contributed by atoms with Crippen molar-refractivity contribution in [2.45, 2.75) is 194 Å². The Labute approximate surface area is 562 Å². The number of carbonyl (C=O) groups is 6. The molecule has 20 nitrogen and oxygen atoms in total. The van der Waals surface area contributed by atoms with Gasteiger partial charge in [-0.1, -0.05) is 129 Å². The van der Waals surface area contributed by atoms with Crippen molar-refractivity contribution >= 4 is 97.2 Å². The minimum absolute atomic E-state index is 0.0227. The molecule has 0 heterocycles. The van der Waals surface area contributed by atoms with Gasteiger partial charge in [0.05, 0.1) is 39.9 Å². The number of aryl methyl sites for hydroxylation is 2. The molecule has 0 aliphatic carbocycles. The monoisotopic (exact) mass is 1380 g/mol. The highest BCUT2D eigenvalue weighted by atomic mass is 79.9. The van der Waals surface area contributed by atoms with Crippen molar-refractivity contribution in [1.82, 2.24) is 0 Å². The Morgan fingerprint density at radius 3 is 1.30 bits per heavy atom. The van der Waals surface area contributed by atoms with E-state index in [1.54, 1.807) is 94.1 Å². The van der Waals surface area contributed by atoms with Crippen LogP contribution in [0.4, 0.5) is 62.1 Å². The molecule has 4 aromatic rings. The van der Waals surface area contributed by atoms with Crippen LogP contribution in [0.5, 0.6) is 0 Å². The van der Waals surface area contributed by atoms with E-state index in [1.165, 1.54) is 25.1 Å². The van der Waals surface area contributed by atoms with Crippen LogP contribution in [0.2, 0.25) is 0 Å². The number of anilines is 5. The molecule has 0 saturated carbocycles. The molecule has 0 spiro atoms. The molecule has 0 aliphatic heterocycles. The van der Waals surface area contributed by atoms with Gasteiger partial charge in [-0.15, -0.1) is 12.8 Å². The lowest BCUT2D eigenvalue weighted by Gasteiger charge is -2.31. The molecule has 24 heteroatoms. The molecule has 0 fully saturated rings. The zero-order chi connectivity index (χ0) is 72.8. The summed E-state index contributed by atoms with van der Waals surface area (Å²) < 4.78 is 53.9. The van der Waals surface area contributed by atoms with Gasteiger partial charge in [0.25, 0.3) is 5.69 Å². The van der Waals surface area contributed by atoms with E-state index < -0.39 is 86.3 Å². The van der Waals surface area contributed by atoms with Crippen LogP contribution in [0.1, 0.15) is 167 Å². The molecule has 512 valence electrons. The molecule has 0 unspecified atom stereocenters. The highest BCUT2D eigenvalue weighted by Crippen LogP contribution is 2.40. The molecule has 0 atom stereocenters. The number of imide groups is 2. The van der Waals surface area contributed by atoms with E-state index >= 15 is 8.78 Å². The van der Waals surface area contributed by atoms with Crippen molar-refractivity contribution < 1.29 is 66.5 Å². The number of nitrogens with zero attached hydrogens (tertiary/aromatic N) is 5. The number of rotatable bonds is 13. The van der Waals surface area contributed by atoms with Crippen LogP contribution in [0.15, 0.2) is 72.8 Å². The zero-order valence-electron chi connectivity index (χ0n) is 57.9. The number of ether oxygens (including phenoxy) is 4. The molecular weight excluding hydrogens is 1290 g/mol. The van der Waals surface area contributed by atoms with Gasteiger partial charge < -0.3 is 39.6 Å². The number of halogens is 4. The lowest BCUT2D eigenvalue weighted by atomic mass is 9.92. The van der Waals surface area contributed by atoms with Gasteiger partial charge >= 0.3 is 24.4 Å². The number of nitro groups is 1. The number of hydrogen-bond acceptors (Lipinski definition) is 16. The van der Waals surface area contributed by atoms with E-state index in [4.69, 9.17) is 53.8 Å². The third kappa shape index (κ3) is 35.9. The Hall–Kier alpha value is -8.30. The van der Waals surface area contributed by atoms with Crippen LogP contribution in [0.25, 0.3) is 0 Å². The predicted molar refractivity (Wildman–Crippen MR) is 369 cm³/mol. The molecule has 5 amide bonds. The average Bonchev–Trinajstić information content (AvgIpc) is 0.787. The maximum absolute atomic E-state index is 16.8. The quantitative estimate of drug-likeness (QED) is 0.0281.